The number of aromatic nitrogens is 1. The summed E-state index contributed by atoms with van der Waals surface area (Å²) in [5.74, 6) is -0.309. The number of anilines is 1. The molecule has 0 radical (unpaired) electrons. The SMILES string of the molecule is Nc1cccc2c1C(=O)c1ccccc1C2=O.c1ccc2c(c1)[nH]c1ccccc12. The molecule has 5 aromatic rings. The number of hydrogen-bond donors (Lipinski definition) is 2. The first-order valence-electron chi connectivity index (χ1n) is 9.67. The van der Waals surface area contributed by atoms with E-state index in [4.69, 9.17) is 5.73 Å². The topological polar surface area (TPSA) is 76.0 Å². The number of benzene rings is 4. The van der Waals surface area contributed by atoms with Gasteiger partial charge in [-0.15, -0.1) is 0 Å². The number of H-pyrrole nitrogens is 1. The highest BCUT2D eigenvalue weighted by Gasteiger charge is 2.30. The first-order valence-corrected chi connectivity index (χ1v) is 9.67. The summed E-state index contributed by atoms with van der Waals surface area (Å²) in [6.45, 7) is 0. The summed E-state index contributed by atoms with van der Waals surface area (Å²) < 4.78 is 0. The van der Waals surface area contributed by atoms with Gasteiger partial charge in [-0.3, -0.25) is 9.59 Å². The number of para-hydroxylation sites is 2. The number of nitrogens with two attached hydrogens (primary N) is 1. The Labute approximate surface area is 173 Å². The van der Waals surface area contributed by atoms with E-state index >= 15 is 0 Å². The molecule has 0 fully saturated rings. The van der Waals surface area contributed by atoms with Gasteiger partial charge in [-0.05, 0) is 18.2 Å². The van der Waals surface area contributed by atoms with Crippen molar-refractivity contribution >= 4 is 39.1 Å². The summed E-state index contributed by atoms with van der Waals surface area (Å²) >= 11 is 0. The van der Waals surface area contributed by atoms with Crippen LogP contribution in [0.5, 0.6) is 0 Å². The highest BCUT2D eigenvalue weighted by molar-refractivity contribution is 6.30. The Morgan fingerprint density at radius 3 is 1.67 bits per heavy atom. The van der Waals surface area contributed by atoms with E-state index in [0.717, 1.165) is 0 Å². The molecule has 1 aromatic heterocycles. The first kappa shape index (κ1) is 17.9. The fourth-order valence-electron chi connectivity index (χ4n) is 3.97. The van der Waals surface area contributed by atoms with Crippen LogP contribution in [0.3, 0.4) is 0 Å². The zero-order valence-electron chi connectivity index (χ0n) is 16.1. The molecule has 0 aliphatic heterocycles. The summed E-state index contributed by atoms with van der Waals surface area (Å²) in [5, 5.41) is 2.61. The molecule has 0 bridgehead atoms. The van der Waals surface area contributed by atoms with E-state index in [2.05, 4.69) is 53.5 Å². The molecule has 0 spiro atoms. The molecular formula is C26H18N2O2. The molecule has 3 N–H and O–H groups in total. The van der Waals surface area contributed by atoms with Crippen LogP contribution >= 0.6 is 0 Å². The number of fused-ring (bicyclic) bond motifs is 5. The van der Waals surface area contributed by atoms with Gasteiger partial charge in [-0.1, -0.05) is 72.8 Å². The number of hydrogen-bond acceptors (Lipinski definition) is 3. The van der Waals surface area contributed by atoms with Gasteiger partial charge < -0.3 is 10.7 Å². The third kappa shape index (κ3) is 2.78. The standard InChI is InChI=1S/C14H9NO2.C12H9N/c15-11-7-3-6-10-12(11)14(17)9-5-2-1-4-8(9)13(10)16;1-3-7-11-9(5-1)10-6-2-4-8-12(10)13-11/h1-7H,15H2;1-8,13H. The average Bonchev–Trinajstić information content (AvgIpc) is 3.17. The van der Waals surface area contributed by atoms with Crippen molar-refractivity contribution in [3.8, 4) is 0 Å². The summed E-state index contributed by atoms with van der Waals surface area (Å²) in [6, 6.07) is 28.5. The number of ketones is 2. The molecule has 1 aliphatic carbocycles. The first-order chi connectivity index (χ1) is 14.6. The van der Waals surface area contributed by atoms with Gasteiger partial charge in [0.1, 0.15) is 0 Å². The highest BCUT2D eigenvalue weighted by Crippen LogP contribution is 2.30. The lowest BCUT2D eigenvalue weighted by molar-refractivity contribution is 0.0979. The van der Waals surface area contributed by atoms with Gasteiger partial charge in [0.15, 0.2) is 11.6 Å². The minimum atomic E-state index is -0.173. The van der Waals surface area contributed by atoms with Crippen LogP contribution in [0.2, 0.25) is 0 Å². The van der Waals surface area contributed by atoms with E-state index < -0.39 is 0 Å². The Morgan fingerprint density at radius 2 is 1.03 bits per heavy atom. The van der Waals surface area contributed by atoms with Crippen LogP contribution in [0.25, 0.3) is 21.8 Å². The molecule has 0 unspecified atom stereocenters. The van der Waals surface area contributed by atoms with Crippen LogP contribution in [0, 0.1) is 0 Å². The molecule has 0 saturated carbocycles. The molecule has 4 nitrogen and oxygen atoms in total. The predicted octanol–water partition coefficient (Wildman–Crippen LogP) is 5.37. The monoisotopic (exact) mass is 390 g/mol. The van der Waals surface area contributed by atoms with E-state index in [1.54, 1.807) is 42.5 Å². The van der Waals surface area contributed by atoms with Gasteiger partial charge in [0.05, 0.1) is 5.56 Å². The number of carbonyl (C=O) groups excluding carboxylic acids is 2. The van der Waals surface area contributed by atoms with Crippen molar-refractivity contribution in [2.75, 3.05) is 5.73 Å². The maximum absolute atomic E-state index is 12.2. The van der Waals surface area contributed by atoms with Crippen molar-refractivity contribution in [2.45, 2.75) is 0 Å². The average molecular weight is 390 g/mol. The summed E-state index contributed by atoms with van der Waals surface area (Å²) in [5.41, 5.74) is 10.2. The number of nitrogens with one attached hydrogen (secondary N) is 1. The third-order valence-corrected chi connectivity index (χ3v) is 5.40. The molecule has 1 heterocycles. The maximum Gasteiger partial charge on any atom is 0.196 e. The lowest BCUT2D eigenvalue weighted by Crippen LogP contribution is -2.22. The summed E-state index contributed by atoms with van der Waals surface area (Å²) in [7, 11) is 0. The Balaban J connectivity index is 0.000000133. The second-order valence-corrected chi connectivity index (χ2v) is 7.19. The molecule has 4 aromatic carbocycles. The molecule has 6 rings (SSSR count). The lowest BCUT2D eigenvalue weighted by atomic mass is 9.83. The van der Waals surface area contributed by atoms with Gasteiger partial charge >= 0.3 is 0 Å². The van der Waals surface area contributed by atoms with Gasteiger partial charge in [-0.2, -0.15) is 0 Å². The number of nitrogen functional groups attached to an aromatic ring is 1. The Bertz CT molecular complexity index is 1400. The summed E-state index contributed by atoms with van der Waals surface area (Å²) in [6.07, 6.45) is 0. The van der Waals surface area contributed by atoms with Gasteiger partial charge in [0.2, 0.25) is 0 Å². The Kier molecular flexibility index (Phi) is 4.18. The number of carbonyl (C=O) groups is 2. The quantitative estimate of drug-likeness (QED) is 0.343. The molecule has 0 atom stereocenters. The Morgan fingerprint density at radius 1 is 0.533 bits per heavy atom. The molecule has 4 heteroatoms. The van der Waals surface area contributed by atoms with Crippen LogP contribution in [-0.2, 0) is 0 Å². The molecule has 0 saturated heterocycles. The number of aromatic amines is 1. The van der Waals surface area contributed by atoms with E-state index in [0.29, 0.717) is 27.9 Å². The van der Waals surface area contributed by atoms with Gasteiger partial charge in [-0.25, -0.2) is 0 Å². The molecule has 1 aliphatic rings. The van der Waals surface area contributed by atoms with Crippen LogP contribution in [-0.4, -0.2) is 16.6 Å². The molecule has 30 heavy (non-hydrogen) atoms. The van der Waals surface area contributed by atoms with Crippen molar-refractivity contribution in [3.63, 3.8) is 0 Å². The van der Waals surface area contributed by atoms with E-state index in [-0.39, 0.29) is 11.6 Å². The van der Waals surface area contributed by atoms with Crippen LogP contribution in [0.15, 0.2) is 91.0 Å². The second kappa shape index (κ2) is 7.01. The fraction of sp³-hybridized carbons (Fsp3) is 0. The van der Waals surface area contributed by atoms with Crippen LogP contribution < -0.4 is 5.73 Å². The van der Waals surface area contributed by atoms with E-state index in [1.807, 2.05) is 0 Å². The largest absolute Gasteiger partial charge is 0.398 e. The zero-order valence-corrected chi connectivity index (χ0v) is 16.1. The Hall–Kier alpha value is -4.18. The van der Waals surface area contributed by atoms with Crippen molar-refractivity contribution in [2.24, 2.45) is 0 Å². The minimum Gasteiger partial charge on any atom is -0.398 e. The number of rotatable bonds is 0. The van der Waals surface area contributed by atoms with Crippen LogP contribution in [0.4, 0.5) is 5.69 Å². The van der Waals surface area contributed by atoms with Crippen molar-refractivity contribution < 1.29 is 9.59 Å². The fourth-order valence-corrected chi connectivity index (χ4v) is 3.97. The lowest BCUT2D eigenvalue weighted by Gasteiger charge is -2.18. The molecular weight excluding hydrogens is 372 g/mol. The normalized spacial score (nSPS) is 12.3. The molecule has 0 amide bonds. The van der Waals surface area contributed by atoms with Gasteiger partial charge in [0.25, 0.3) is 0 Å². The van der Waals surface area contributed by atoms with E-state index in [9.17, 15) is 9.59 Å². The van der Waals surface area contributed by atoms with Crippen LogP contribution in [0.1, 0.15) is 31.8 Å². The second-order valence-electron chi connectivity index (χ2n) is 7.19. The highest BCUT2D eigenvalue weighted by atomic mass is 16.1. The molecule has 144 valence electrons. The zero-order chi connectivity index (χ0) is 20.7. The van der Waals surface area contributed by atoms with Gasteiger partial charge in [0, 0.05) is 44.2 Å². The minimum absolute atomic E-state index is 0.137. The summed E-state index contributed by atoms with van der Waals surface area (Å²) in [4.78, 5) is 27.8. The third-order valence-electron chi connectivity index (χ3n) is 5.40. The maximum atomic E-state index is 12.2. The predicted molar refractivity (Wildman–Crippen MR) is 120 cm³/mol. The van der Waals surface area contributed by atoms with E-state index in [1.165, 1.54) is 21.8 Å². The smallest absolute Gasteiger partial charge is 0.196 e. The van der Waals surface area contributed by atoms with Crippen molar-refractivity contribution in [1.29, 1.82) is 0 Å². The van der Waals surface area contributed by atoms with Crippen molar-refractivity contribution in [3.05, 3.63) is 113 Å². The van der Waals surface area contributed by atoms with Crippen molar-refractivity contribution in [1.82, 2.24) is 4.98 Å².